The second kappa shape index (κ2) is 6.86. The molecule has 1 aliphatic rings. The molecule has 0 spiro atoms. The monoisotopic (exact) mass is 375 g/mol. The molecule has 0 saturated carbocycles. The predicted molar refractivity (Wildman–Crippen MR) is 109 cm³/mol. The fourth-order valence-electron chi connectivity index (χ4n) is 4.24. The molecule has 28 heavy (non-hydrogen) atoms. The van der Waals surface area contributed by atoms with E-state index in [4.69, 9.17) is 0 Å². The van der Waals surface area contributed by atoms with Crippen LogP contribution in [0.15, 0.2) is 53.9 Å². The van der Waals surface area contributed by atoms with Gasteiger partial charge in [0.2, 0.25) is 5.43 Å². The van der Waals surface area contributed by atoms with Crippen molar-refractivity contribution in [1.82, 2.24) is 24.5 Å². The van der Waals surface area contributed by atoms with Gasteiger partial charge in [-0.2, -0.15) is 10.2 Å². The van der Waals surface area contributed by atoms with Crippen molar-refractivity contribution < 1.29 is 0 Å². The first-order valence-electron chi connectivity index (χ1n) is 9.56. The summed E-state index contributed by atoms with van der Waals surface area (Å²) in [6.45, 7) is 6.66. The van der Waals surface area contributed by atoms with Gasteiger partial charge in [0.15, 0.2) is 0 Å². The van der Waals surface area contributed by atoms with Crippen LogP contribution in [0.1, 0.15) is 43.6 Å². The van der Waals surface area contributed by atoms with Crippen molar-refractivity contribution in [3.8, 4) is 5.69 Å². The highest BCUT2D eigenvalue weighted by Gasteiger charge is 2.36. The van der Waals surface area contributed by atoms with Crippen LogP contribution in [-0.2, 0) is 13.5 Å². The summed E-state index contributed by atoms with van der Waals surface area (Å²) in [5, 5.41) is 8.81. The lowest BCUT2D eigenvalue weighted by molar-refractivity contribution is 0.223. The molecule has 6 heteroatoms. The Morgan fingerprint density at radius 2 is 2.07 bits per heavy atom. The van der Waals surface area contributed by atoms with E-state index >= 15 is 0 Å². The highest BCUT2D eigenvalue weighted by Crippen LogP contribution is 2.44. The van der Waals surface area contributed by atoms with Crippen molar-refractivity contribution >= 4 is 6.08 Å². The van der Waals surface area contributed by atoms with Crippen molar-refractivity contribution in [1.29, 1.82) is 0 Å². The lowest BCUT2D eigenvalue weighted by Crippen LogP contribution is -2.33. The van der Waals surface area contributed by atoms with Gasteiger partial charge in [0.1, 0.15) is 11.4 Å². The largest absolute Gasteiger partial charge is 0.288 e. The van der Waals surface area contributed by atoms with Gasteiger partial charge in [-0.3, -0.25) is 14.5 Å². The average Bonchev–Trinajstić information content (AvgIpc) is 3.10. The maximum absolute atomic E-state index is 12.5. The molecule has 3 aromatic heterocycles. The van der Waals surface area contributed by atoms with Gasteiger partial charge in [0.25, 0.3) is 0 Å². The number of fused-ring (bicyclic) bond motifs is 1. The number of hydrogen-bond acceptors (Lipinski definition) is 4. The summed E-state index contributed by atoms with van der Waals surface area (Å²) in [4.78, 5) is 17.0. The molecule has 0 aromatic carbocycles. The summed E-state index contributed by atoms with van der Waals surface area (Å²) in [7, 11) is 1.86. The molecule has 6 nitrogen and oxygen atoms in total. The summed E-state index contributed by atoms with van der Waals surface area (Å²) in [6.07, 6.45) is 12.1. The van der Waals surface area contributed by atoms with E-state index in [0.29, 0.717) is 18.0 Å². The van der Waals surface area contributed by atoms with Gasteiger partial charge in [0, 0.05) is 31.9 Å². The van der Waals surface area contributed by atoms with Crippen LogP contribution in [0.5, 0.6) is 0 Å². The smallest absolute Gasteiger partial charge is 0.203 e. The molecule has 0 aliphatic heterocycles. The van der Waals surface area contributed by atoms with Crippen molar-refractivity contribution in [3.63, 3.8) is 0 Å². The molecule has 4 rings (SSSR count). The van der Waals surface area contributed by atoms with Crippen LogP contribution in [0, 0.1) is 11.3 Å². The number of pyridine rings is 1. The summed E-state index contributed by atoms with van der Waals surface area (Å²) in [6, 6.07) is 5.73. The Morgan fingerprint density at radius 3 is 2.82 bits per heavy atom. The highest BCUT2D eigenvalue weighted by molar-refractivity contribution is 5.54. The minimum Gasteiger partial charge on any atom is -0.288 e. The third-order valence-electron chi connectivity index (χ3n) is 5.72. The predicted octanol–water partition coefficient (Wildman–Crippen LogP) is 3.38. The molecule has 2 unspecified atom stereocenters. The fraction of sp³-hybridized carbons (Fsp3) is 0.364. The highest BCUT2D eigenvalue weighted by atomic mass is 16.1. The van der Waals surface area contributed by atoms with Gasteiger partial charge >= 0.3 is 0 Å². The Hall–Kier alpha value is -3.02. The normalized spacial score (nSPS) is 18.9. The maximum Gasteiger partial charge on any atom is 0.203 e. The van der Waals surface area contributed by atoms with Crippen molar-refractivity contribution in [2.24, 2.45) is 18.4 Å². The van der Waals surface area contributed by atoms with Crippen LogP contribution in [0.25, 0.3) is 11.8 Å². The molecule has 0 bridgehead atoms. The van der Waals surface area contributed by atoms with E-state index in [1.54, 1.807) is 27.8 Å². The number of nitrogens with zero attached hydrogens (tertiary/aromatic N) is 5. The zero-order valence-corrected chi connectivity index (χ0v) is 16.7. The molecule has 0 N–H and O–H groups in total. The Bertz CT molecular complexity index is 1090. The quantitative estimate of drug-likeness (QED) is 0.701. The number of rotatable bonds is 4. The van der Waals surface area contributed by atoms with Gasteiger partial charge < -0.3 is 0 Å². The molecule has 0 fully saturated rings. The SMILES string of the molecule is CC1c2cccnc2C=CC1C(C)(C)Cc1nn(-c2cnn(C)c2)ccc1=O. The van der Waals surface area contributed by atoms with Gasteiger partial charge in [-0.25, -0.2) is 4.68 Å². The van der Waals surface area contributed by atoms with Gasteiger partial charge in [-0.05, 0) is 35.0 Å². The summed E-state index contributed by atoms with van der Waals surface area (Å²) < 4.78 is 3.44. The Morgan fingerprint density at radius 1 is 1.25 bits per heavy atom. The Labute approximate surface area is 164 Å². The van der Waals surface area contributed by atoms with Crippen LogP contribution in [-0.4, -0.2) is 24.5 Å². The maximum atomic E-state index is 12.5. The van der Waals surface area contributed by atoms with Gasteiger partial charge in [-0.1, -0.05) is 32.9 Å². The minimum absolute atomic E-state index is 0.0253. The molecular weight excluding hydrogens is 350 g/mol. The van der Waals surface area contributed by atoms with E-state index in [2.05, 4.69) is 54.2 Å². The standard InChI is InChI=1S/C22H25N5O/c1-15-17-6-5-10-23-19(17)8-7-18(15)22(2,3)12-20-21(28)9-11-27(25-20)16-13-24-26(4)14-16/h5-11,13-15,18H,12H2,1-4H3. The van der Waals surface area contributed by atoms with E-state index in [-0.39, 0.29) is 16.8 Å². The lowest BCUT2D eigenvalue weighted by Gasteiger charge is -2.38. The fourth-order valence-corrected chi connectivity index (χ4v) is 4.24. The van der Waals surface area contributed by atoms with Crippen LogP contribution in [0.3, 0.4) is 0 Å². The zero-order valence-electron chi connectivity index (χ0n) is 16.7. The molecule has 1 aliphatic carbocycles. The van der Waals surface area contributed by atoms with E-state index < -0.39 is 0 Å². The van der Waals surface area contributed by atoms with E-state index in [9.17, 15) is 4.79 Å². The first-order chi connectivity index (χ1) is 13.3. The first-order valence-corrected chi connectivity index (χ1v) is 9.56. The lowest BCUT2D eigenvalue weighted by atomic mass is 9.66. The summed E-state index contributed by atoms with van der Waals surface area (Å²) in [5.41, 5.74) is 3.56. The average molecular weight is 375 g/mol. The van der Waals surface area contributed by atoms with Crippen molar-refractivity contribution in [3.05, 3.63) is 76.2 Å². The van der Waals surface area contributed by atoms with Crippen LogP contribution < -0.4 is 5.43 Å². The number of hydrogen-bond donors (Lipinski definition) is 0. The van der Waals surface area contributed by atoms with Crippen molar-refractivity contribution in [2.75, 3.05) is 0 Å². The molecule has 3 aromatic rings. The molecule has 144 valence electrons. The third-order valence-corrected chi connectivity index (χ3v) is 5.72. The van der Waals surface area contributed by atoms with Crippen LogP contribution in [0.4, 0.5) is 0 Å². The van der Waals surface area contributed by atoms with Gasteiger partial charge in [0.05, 0.1) is 18.1 Å². The molecule has 3 heterocycles. The molecule has 0 amide bonds. The first kappa shape index (κ1) is 18.3. The summed E-state index contributed by atoms with van der Waals surface area (Å²) in [5.74, 6) is 0.616. The van der Waals surface area contributed by atoms with Crippen LogP contribution in [0.2, 0.25) is 0 Å². The van der Waals surface area contributed by atoms with E-state index in [0.717, 1.165) is 11.4 Å². The minimum atomic E-state index is -0.135. The second-order valence-electron chi connectivity index (χ2n) is 8.26. The van der Waals surface area contributed by atoms with Crippen LogP contribution >= 0.6 is 0 Å². The molecular formula is C22H25N5O. The number of aromatic nitrogens is 5. The molecule has 0 saturated heterocycles. The van der Waals surface area contributed by atoms with Gasteiger partial charge in [-0.15, -0.1) is 0 Å². The van der Waals surface area contributed by atoms with E-state index in [1.165, 1.54) is 5.56 Å². The Kier molecular flexibility index (Phi) is 4.49. The molecule has 2 atom stereocenters. The third kappa shape index (κ3) is 3.30. The Balaban J connectivity index is 1.64. The number of allylic oxidation sites excluding steroid dienone is 1. The molecule has 0 radical (unpaired) electrons. The summed E-state index contributed by atoms with van der Waals surface area (Å²) >= 11 is 0. The topological polar surface area (TPSA) is 65.6 Å². The number of aryl methyl sites for hydroxylation is 1. The second-order valence-corrected chi connectivity index (χ2v) is 8.26. The zero-order chi connectivity index (χ0) is 19.9. The van der Waals surface area contributed by atoms with Crippen molar-refractivity contribution in [2.45, 2.75) is 33.1 Å². The van der Waals surface area contributed by atoms with E-state index in [1.807, 2.05) is 25.5 Å².